The Morgan fingerprint density at radius 2 is 1.70 bits per heavy atom. The Kier molecular flexibility index (Phi) is 7.90. The van der Waals surface area contributed by atoms with Gasteiger partial charge in [0.2, 0.25) is 17.6 Å². The number of hydrogen-bond acceptors (Lipinski definition) is 6. The third kappa shape index (κ3) is 4.88. The average molecular weight is 609 g/mol. The van der Waals surface area contributed by atoms with Crippen LogP contribution >= 0.6 is 0 Å². The average Bonchev–Trinajstić information content (AvgIpc) is 3.12. The number of phenolic OH excluding ortho intramolecular Hbond substituents is 1. The number of hydrogen-bond donors (Lipinski definition) is 4. The van der Waals surface area contributed by atoms with E-state index in [4.69, 9.17) is 5.73 Å². The van der Waals surface area contributed by atoms with E-state index in [1.807, 2.05) is 20.8 Å². The quantitative estimate of drug-likeness (QED) is 0.315. The predicted octanol–water partition coefficient (Wildman–Crippen LogP) is 3.37. The van der Waals surface area contributed by atoms with Gasteiger partial charge in [-0.2, -0.15) is 0 Å². The molecule has 0 radical (unpaired) electrons. The van der Waals surface area contributed by atoms with Crippen LogP contribution in [0.25, 0.3) is 0 Å². The number of fused-ring (bicyclic) bond motifs is 1. The van der Waals surface area contributed by atoms with Crippen molar-refractivity contribution in [1.82, 2.24) is 15.5 Å². The number of primary amides is 1. The Morgan fingerprint density at radius 3 is 2.20 bits per heavy atom. The van der Waals surface area contributed by atoms with Crippen LogP contribution in [-0.4, -0.2) is 64.1 Å². The number of Topliss-reactive ketones (excluding diaryl/α,β-unsaturated/α-hetero) is 1. The van der Waals surface area contributed by atoms with Crippen LogP contribution in [0.5, 0.6) is 5.75 Å². The molecule has 0 aromatic heterocycles. The molecule has 4 aliphatic rings. The lowest BCUT2D eigenvalue weighted by atomic mass is 9.73. The molecule has 44 heavy (non-hydrogen) atoms. The number of amides is 4. The number of rotatable bonds is 9. The Bertz CT molecular complexity index is 1390. The minimum absolute atomic E-state index is 0.0155. The van der Waals surface area contributed by atoms with Crippen molar-refractivity contribution in [2.45, 2.75) is 111 Å². The van der Waals surface area contributed by atoms with E-state index in [0.29, 0.717) is 24.9 Å². The number of ketones is 1. The normalized spacial score (nSPS) is 26.3. The molecule has 2 spiro atoms. The number of aromatic hydroxyl groups is 1. The third-order valence-electron chi connectivity index (χ3n) is 12.0. The lowest BCUT2D eigenvalue weighted by Crippen LogP contribution is -2.59. The lowest BCUT2D eigenvalue weighted by molar-refractivity contribution is -0.143. The summed E-state index contributed by atoms with van der Waals surface area (Å²) in [6.45, 7) is 12.0. The maximum absolute atomic E-state index is 14.6. The molecule has 1 saturated heterocycles. The van der Waals surface area contributed by atoms with Gasteiger partial charge >= 0.3 is 0 Å². The lowest BCUT2D eigenvalue weighted by Gasteiger charge is -2.36. The number of likely N-dealkylation sites (tertiary alicyclic amines) is 1. The molecule has 5 rings (SSSR count). The van der Waals surface area contributed by atoms with Gasteiger partial charge in [-0.05, 0) is 66.9 Å². The number of nitrogens with zero attached hydrogens (tertiary/aromatic N) is 1. The van der Waals surface area contributed by atoms with Crippen LogP contribution in [0.1, 0.15) is 102 Å². The zero-order valence-corrected chi connectivity index (χ0v) is 26.9. The van der Waals surface area contributed by atoms with Gasteiger partial charge in [0.1, 0.15) is 17.8 Å². The first-order valence-electron chi connectivity index (χ1n) is 16.0. The number of nitrogens with two attached hydrogens (primary N) is 1. The Labute approximate surface area is 259 Å². The van der Waals surface area contributed by atoms with Gasteiger partial charge in [0.25, 0.3) is 11.8 Å². The summed E-state index contributed by atoms with van der Waals surface area (Å²) in [6, 6.07) is 1.81. The van der Waals surface area contributed by atoms with Crippen LogP contribution in [0.15, 0.2) is 18.2 Å². The number of benzene rings is 1. The maximum atomic E-state index is 14.6. The highest BCUT2D eigenvalue weighted by atomic mass is 16.3. The summed E-state index contributed by atoms with van der Waals surface area (Å²) in [6.07, 6.45) is 6.89. The van der Waals surface area contributed by atoms with E-state index >= 15 is 0 Å². The summed E-state index contributed by atoms with van der Waals surface area (Å²) in [5.41, 5.74) is 5.02. The van der Waals surface area contributed by atoms with Crippen LogP contribution in [0.3, 0.4) is 0 Å². The van der Waals surface area contributed by atoms with E-state index in [2.05, 4.69) is 24.5 Å². The van der Waals surface area contributed by atoms with Gasteiger partial charge in [-0.15, -0.1) is 0 Å². The van der Waals surface area contributed by atoms with Crippen LogP contribution in [-0.2, 0) is 19.2 Å². The minimum atomic E-state index is -1.08. The van der Waals surface area contributed by atoms with Gasteiger partial charge in [-0.25, -0.2) is 0 Å². The second kappa shape index (κ2) is 10.9. The molecule has 3 saturated carbocycles. The highest BCUT2D eigenvalue weighted by Gasteiger charge is 2.85. The molecule has 1 aliphatic heterocycles. The van der Waals surface area contributed by atoms with Gasteiger partial charge in [0, 0.05) is 23.1 Å². The smallest absolute Gasteiger partial charge is 0.287 e. The number of phenols is 1. The van der Waals surface area contributed by atoms with Crippen molar-refractivity contribution in [3.63, 3.8) is 0 Å². The topological polar surface area (TPSA) is 159 Å². The molecule has 3 aliphatic carbocycles. The molecule has 2 unspecified atom stereocenters. The van der Waals surface area contributed by atoms with E-state index < -0.39 is 47.0 Å². The molecule has 1 aromatic carbocycles. The minimum Gasteiger partial charge on any atom is -0.508 e. The summed E-state index contributed by atoms with van der Waals surface area (Å²) < 4.78 is 0. The van der Waals surface area contributed by atoms with Crippen LogP contribution in [0, 0.1) is 34.5 Å². The maximum Gasteiger partial charge on any atom is 0.287 e. The molecule has 4 amide bonds. The van der Waals surface area contributed by atoms with Gasteiger partial charge in [-0.3, -0.25) is 24.0 Å². The van der Waals surface area contributed by atoms with E-state index in [-0.39, 0.29) is 39.4 Å². The van der Waals surface area contributed by atoms with Crippen molar-refractivity contribution in [3.05, 3.63) is 29.3 Å². The monoisotopic (exact) mass is 608 g/mol. The number of carbonyl (C=O) groups excluding carboxylic acids is 5. The van der Waals surface area contributed by atoms with E-state index in [1.165, 1.54) is 6.07 Å². The van der Waals surface area contributed by atoms with E-state index in [0.717, 1.165) is 38.5 Å². The second-order valence-electron chi connectivity index (χ2n) is 15.4. The van der Waals surface area contributed by atoms with Crippen LogP contribution in [0.4, 0.5) is 0 Å². The van der Waals surface area contributed by atoms with Crippen molar-refractivity contribution >= 4 is 29.4 Å². The van der Waals surface area contributed by atoms with Crippen molar-refractivity contribution in [2.24, 2.45) is 33.3 Å². The zero-order chi connectivity index (χ0) is 32.4. The highest BCUT2D eigenvalue weighted by molar-refractivity contribution is 6.37. The Hall–Kier alpha value is -3.43. The molecule has 4 fully saturated rings. The zero-order valence-electron chi connectivity index (χ0n) is 26.9. The molecule has 0 bridgehead atoms. The van der Waals surface area contributed by atoms with Crippen molar-refractivity contribution in [3.8, 4) is 5.75 Å². The molecule has 1 heterocycles. The first kappa shape index (κ1) is 32.0. The summed E-state index contributed by atoms with van der Waals surface area (Å²) >= 11 is 0. The van der Waals surface area contributed by atoms with Crippen LogP contribution in [0.2, 0.25) is 0 Å². The highest BCUT2D eigenvalue weighted by Crippen LogP contribution is 2.88. The first-order valence-corrected chi connectivity index (χ1v) is 16.0. The largest absolute Gasteiger partial charge is 0.508 e. The standard InChI is InChI=1S/C34H48N4O6/c1-19-21(12-8-13-24(19)39)28(42)37-26(31(2,3)4)30(44)38-18-34(32(5,6)33(34)14-9-15-33)17-23(38)29(43)36-22(25(40)27(35)41)16-20-10-7-11-20/h8,12-13,20,22-23,26,39H,7,9-11,14-18H2,1-6H3,(H2,35,41)(H,36,43)(H,37,42)/t22?,23-,26+,34?/m0/s1. The summed E-state index contributed by atoms with van der Waals surface area (Å²) in [4.78, 5) is 68.5. The molecule has 10 heteroatoms. The number of nitrogens with one attached hydrogen (secondary N) is 2. The molecule has 240 valence electrons. The van der Waals surface area contributed by atoms with Crippen molar-refractivity contribution in [1.29, 1.82) is 0 Å². The summed E-state index contributed by atoms with van der Waals surface area (Å²) in [5.74, 6) is -3.00. The predicted molar refractivity (Wildman–Crippen MR) is 164 cm³/mol. The molecule has 4 atom stereocenters. The van der Waals surface area contributed by atoms with Gasteiger partial charge in [0.05, 0.1) is 6.04 Å². The fraction of sp³-hybridized carbons (Fsp3) is 0.676. The third-order valence-corrected chi connectivity index (χ3v) is 12.0. The van der Waals surface area contributed by atoms with Crippen LogP contribution < -0.4 is 16.4 Å². The van der Waals surface area contributed by atoms with Gasteiger partial charge in [-0.1, -0.05) is 66.4 Å². The van der Waals surface area contributed by atoms with E-state index in [1.54, 1.807) is 24.0 Å². The van der Waals surface area contributed by atoms with Crippen molar-refractivity contribution < 1.29 is 29.1 Å². The second-order valence-corrected chi connectivity index (χ2v) is 15.4. The SMILES string of the molecule is Cc1c(O)cccc1C(=O)N[C@H](C(=O)N1CC2(C[C@H]1C(=O)NC(CC1CCC1)C(=O)C(N)=O)C(C)(C)C21CCC1)C(C)(C)C. The van der Waals surface area contributed by atoms with Gasteiger partial charge in [0.15, 0.2) is 0 Å². The first-order chi connectivity index (χ1) is 20.5. The fourth-order valence-electron chi connectivity index (χ4n) is 8.69. The molecular formula is C34H48N4O6. The Morgan fingerprint density at radius 1 is 1.05 bits per heavy atom. The Balaban J connectivity index is 1.45. The summed E-state index contributed by atoms with van der Waals surface area (Å²) in [7, 11) is 0. The van der Waals surface area contributed by atoms with E-state index in [9.17, 15) is 29.1 Å². The summed E-state index contributed by atoms with van der Waals surface area (Å²) in [5, 5.41) is 15.9. The van der Waals surface area contributed by atoms with Crippen molar-refractivity contribution in [2.75, 3.05) is 6.54 Å². The molecule has 5 N–H and O–H groups in total. The molecule has 10 nitrogen and oxygen atoms in total. The fourth-order valence-corrected chi connectivity index (χ4v) is 8.69. The molecular weight excluding hydrogens is 560 g/mol. The van der Waals surface area contributed by atoms with Gasteiger partial charge < -0.3 is 26.4 Å². The molecule has 1 aromatic rings. The number of carbonyl (C=O) groups is 5.